The number of hydrogen-bond donors (Lipinski definition) is 1. The Bertz CT molecular complexity index is 706. The molecule has 0 aromatic heterocycles. The summed E-state index contributed by atoms with van der Waals surface area (Å²) in [5.41, 5.74) is 1.99. The maximum absolute atomic E-state index is 11.7. The van der Waals surface area contributed by atoms with Gasteiger partial charge >= 0.3 is 6.09 Å². The Morgan fingerprint density at radius 3 is 2.32 bits per heavy atom. The van der Waals surface area contributed by atoms with Gasteiger partial charge in [-0.3, -0.25) is 5.32 Å². The van der Waals surface area contributed by atoms with Crippen LogP contribution in [0, 0.1) is 5.92 Å². The lowest BCUT2D eigenvalue weighted by Crippen LogP contribution is -2.21. The van der Waals surface area contributed by atoms with Gasteiger partial charge in [-0.05, 0) is 49.1 Å². The molecule has 0 heterocycles. The van der Waals surface area contributed by atoms with E-state index >= 15 is 0 Å². The van der Waals surface area contributed by atoms with Gasteiger partial charge in [0.15, 0.2) is 6.29 Å². The highest BCUT2D eigenvalue weighted by Crippen LogP contribution is 2.31. The summed E-state index contributed by atoms with van der Waals surface area (Å²) in [5, 5.41) is 2.65. The van der Waals surface area contributed by atoms with Crippen LogP contribution >= 0.6 is 22.6 Å². The zero-order valence-electron chi connectivity index (χ0n) is 16.6. The van der Waals surface area contributed by atoms with Crippen molar-refractivity contribution in [3.63, 3.8) is 0 Å². The largest absolute Gasteiger partial charge is 0.465 e. The normalized spacial score (nSPS) is 13.0. The van der Waals surface area contributed by atoms with Crippen LogP contribution in [-0.4, -0.2) is 25.6 Å². The standard InChI is InChI=1S/C22H28INO4/c1-16(2)15-21(23)18-9-11-20(12-10-18)28-17(3)26-13-14-27-22(25)24-19-7-5-4-6-8-19/h4-12,16-17,21H,13-15H2,1-3H3,(H,24,25). The van der Waals surface area contributed by atoms with Crippen LogP contribution < -0.4 is 10.1 Å². The lowest BCUT2D eigenvalue weighted by atomic mass is 10.0. The van der Waals surface area contributed by atoms with E-state index in [4.69, 9.17) is 14.2 Å². The molecule has 2 aromatic rings. The van der Waals surface area contributed by atoms with Gasteiger partial charge in [-0.1, -0.05) is 66.8 Å². The Morgan fingerprint density at radius 1 is 1.00 bits per heavy atom. The molecule has 5 nitrogen and oxygen atoms in total. The van der Waals surface area contributed by atoms with Crippen molar-refractivity contribution in [1.29, 1.82) is 0 Å². The second-order valence-electron chi connectivity index (χ2n) is 6.85. The molecule has 2 unspecified atom stereocenters. The van der Waals surface area contributed by atoms with E-state index in [-0.39, 0.29) is 13.2 Å². The van der Waals surface area contributed by atoms with Crippen LogP contribution in [0.25, 0.3) is 0 Å². The topological polar surface area (TPSA) is 56.8 Å². The lowest BCUT2D eigenvalue weighted by Gasteiger charge is -2.17. The first-order valence-electron chi connectivity index (χ1n) is 9.45. The predicted octanol–water partition coefficient (Wildman–Crippen LogP) is 6.20. The number of ether oxygens (including phenoxy) is 3. The van der Waals surface area contributed by atoms with Crippen molar-refractivity contribution in [2.75, 3.05) is 18.5 Å². The highest BCUT2D eigenvalue weighted by Gasteiger charge is 2.11. The number of anilines is 1. The summed E-state index contributed by atoms with van der Waals surface area (Å²) in [6.07, 6.45) is 0.212. The van der Waals surface area contributed by atoms with Crippen molar-refractivity contribution >= 4 is 34.4 Å². The van der Waals surface area contributed by atoms with Crippen molar-refractivity contribution in [2.45, 2.75) is 37.4 Å². The summed E-state index contributed by atoms with van der Waals surface area (Å²) in [7, 11) is 0. The second-order valence-corrected chi connectivity index (χ2v) is 8.35. The molecule has 0 saturated carbocycles. The predicted molar refractivity (Wildman–Crippen MR) is 120 cm³/mol. The Labute approximate surface area is 180 Å². The van der Waals surface area contributed by atoms with Crippen molar-refractivity contribution in [3.8, 4) is 5.75 Å². The molecular weight excluding hydrogens is 469 g/mol. The number of carbonyl (C=O) groups excluding carboxylic acids is 1. The zero-order valence-corrected chi connectivity index (χ0v) is 18.7. The Hall–Kier alpha value is -1.80. The highest BCUT2D eigenvalue weighted by molar-refractivity contribution is 14.1. The number of para-hydroxylation sites is 1. The van der Waals surface area contributed by atoms with Gasteiger partial charge in [0.1, 0.15) is 12.4 Å². The quantitative estimate of drug-likeness (QED) is 0.184. The van der Waals surface area contributed by atoms with Crippen LogP contribution in [0.15, 0.2) is 54.6 Å². The van der Waals surface area contributed by atoms with Gasteiger partial charge in [0.2, 0.25) is 0 Å². The number of benzene rings is 2. The number of hydrogen-bond acceptors (Lipinski definition) is 4. The van der Waals surface area contributed by atoms with Gasteiger partial charge in [0.25, 0.3) is 0 Å². The smallest absolute Gasteiger partial charge is 0.411 e. The molecule has 0 saturated heterocycles. The average Bonchev–Trinajstić information content (AvgIpc) is 2.66. The molecule has 0 bridgehead atoms. The minimum absolute atomic E-state index is 0.150. The third-order valence-electron chi connectivity index (χ3n) is 3.91. The Balaban J connectivity index is 1.65. The number of carbonyl (C=O) groups is 1. The minimum atomic E-state index is -0.506. The van der Waals surface area contributed by atoms with E-state index in [0.717, 1.165) is 12.2 Å². The summed E-state index contributed by atoms with van der Waals surface area (Å²) >= 11 is 2.48. The van der Waals surface area contributed by atoms with Crippen molar-refractivity contribution < 1.29 is 19.0 Å². The molecule has 0 aliphatic rings. The fourth-order valence-corrected chi connectivity index (χ4v) is 3.99. The third kappa shape index (κ3) is 8.48. The van der Waals surface area contributed by atoms with Crippen LogP contribution in [0.4, 0.5) is 10.5 Å². The number of alkyl halides is 1. The first-order valence-corrected chi connectivity index (χ1v) is 10.7. The van der Waals surface area contributed by atoms with Crippen LogP contribution in [0.5, 0.6) is 5.75 Å². The average molecular weight is 497 g/mol. The van der Waals surface area contributed by atoms with Crippen LogP contribution in [0.2, 0.25) is 0 Å². The van der Waals surface area contributed by atoms with E-state index in [1.807, 2.05) is 37.3 Å². The molecular formula is C22H28INO4. The molecule has 0 aliphatic carbocycles. The Kier molecular flexibility index (Phi) is 9.57. The first-order chi connectivity index (χ1) is 13.4. The minimum Gasteiger partial charge on any atom is -0.465 e. The van der Waals surface area contributed by atoms with E-state index in [1.54, 1.807) is 12.1 Å². The van der Waals surface area contributed by atoms with Crippen molar-refractivity contribution in [3.05, 3.63) is 60.2 Å². The lowest BCUT2D eigenvalue weighted by molar-refractivity contribution is -0.0765. The van der Waals surface area contributed by atoms with Crippen LogP contribution in [-0.2, 0) is 9.47 Å². The summed E-state index contributed by atoms with van der Waals surface area (Å²) in [6.45, 7) is 6.69. The molecule has 0 fully saturated rings. The van der Waals surface area contributed by atoms with Gasteiger partial charge in [-0.2, -0.15) is 0 Å². The van der Waals surface area contributed by atoms with E-state index in [9.17, 15) is 4.79 Å². The monoisotopic (exact) mass is 497 g/mol. The van der Waals surface area contributed by atoms with E-state index < -0.39 is 12.4 Å². The van der Waals surface area contributed by atoms with Crippen molar-refractivity contribution in [1.82, 2.24) is 0 Å². The van der Waals surface area contributed by atoms with Gasteiger partial charge in [0, 0.05) is 9.61 Å². The molecule has 2 aromatic carbocycles. The summed E-state index contributed by atoms with van der Waals surface area (Å²) in [6, 6.07) is 17.3. The first kappa shape index (κ1) is 22.5. The van der Waals surface area contributed by atoms with Gasteiger partial charge in [-0.25, -0.2) is 4.79 Å². The molecule has 1 amide bonds. The maximum Gasteiger partial charge on any atom is 0.411 e. The number of rotatable bonds is 10. The van der Waals surface area contributed by atoms with Crippen LogP contribution in [0.1, 0.15) is 36.7 Å². The summed E-state index contributed by atoms with van der Waals surface area (Å²) in [4.78, 5) is 11.7. The molecule has 0 radical (unpaired) electrons. The van der Waals surface area contributed by atoms with Crippen molar-refractivity contribution in [2.24, 2.45) is 5.92 Å². The van der Waals surface area contributed by atoms with Gasteiger partial charge in [-0.15, -0.1) is 0 Å². The molecule has 28 heavy (non-hydrogen) atoms. The molecule has 2 atom stereocenters. The highest BCUT2D eigenvalue weighted by atomic mass is 127. The number of amides is 1. The fourth-order valence-electron chi connectivity index (χ4n) is 2.55. The molecule has 1 N–H and O–H groups in total. The van der Waals surface area contributed by atoms with E-state index in [2.05, 4.69) is 53.9 Å². The second kappa shape index (κ2) is 11.9. The fraction of sp³-hybridized carbons (Fsp3) is 0.409. The molecule has 0 spiro atoms. The number of halogens is 1. The van der Waals surface area contributed by atoms with Crippen LogP contribution in [0.3, 0.4) is 0 Å². The third-order valence-corrected chi connectivity index (χ3v) is 5.14. The van der Waals surface area contributed by atoms with Gasteiger partial charge in [0.05, 0.1) is 6.61 Å². The zero-order chi connectivity index (χ0) is 20.4. The summed E-state index contributed by atoms with van der Waals surface area (Å²) < 4.78 is 16.9. The van der Waals surface area contributed by atoms with E-state index in [1.165, 1.54) is 5.56 Å². The van der Waals surface area contributed by atoms with E-state index in [0.29, 0.717) is 15.5 Å². The number of nitrogens with one attached hydrogen (secondary N) is 1. The molecule has 152 valence electrons. The molecule has 6 heteroatoms. The molecule has 2 rings (SSSR count). The molecule has 0 aliphatic heterocycles. The SMILES string of the molecule is CC(C)CC(I)c1ccc(OC(C)OCCOC(=O)Nc2ccccc2)cc1. The Morgan fingerprint density at radius 2 is 1.68 bits per heavy atom. The summed E-state index contributed by atoms with van der Waals surface area (Å²) in [5.74, 6) is 1.43. The maximum atomic E-state index is 11.7. The van der Waals surface area contributed by atoms with Gasteiger partial charge < -0.3 is 14.2 Å².